The van der Waals surface area contributed by atoms with Crippen LogP contribution in [0.15, 0.2) is 30.3 Å². The van der Waals surface area contributed by atoms with E-state index in [4.69, 9.17) is 5.73 Å². The molecule has 0 saturated carbocycles. The van der Waals surface area contributed by atoms with Crippen molar-refractivity contribution in [2.75, 3.05) is 13.1 Å². The molecule has 1 fully saturated rings. The van der Waals surface area contributed by atoms with Gasteiger partial charge in [0.05, 0.1) is 12.6 Å². The second-order valence-corrected chi connectivity index (χ2v) is 8.29. The smallest absolute Gasteiger partial charge is 0.326 e. The number of nitrogens with two attached hydrogens (primary N) is 1. The topological polar surface area (TPSA) is 142 Å². The molecule has 3 unspecified atom stereocenters. The SMILES string of the molecule is CC(C)CC(NC(=O)CNC(=O)C1CCCN1C(=O)C(N)Cc1ccccc1)C(=O)O. The first-order chi connectivity index (χ1) is 14.7. The van der Waals surface area contributed by atoms with Gasteiger partial charge in [0.2, 0.25) is 17.7 Å². The molecule has 1 aromatic rings. The molecule has 5 N–H and O–H groups in total. The van der Waals surface area contributed by atoms with Crippen LogP contribution < -0.4 is 16.4 Å². The average Bonchev–Trinajstić information content (AvgIpc) is 3.21. The van der Waals surface area contributed by atoms with Crippen LogP contribution in [0.25, 0.3) is 0 Å². The zero-order valence-corrected chi connectivity index (χ0v) is 18.0. The Labute approximate surface area is 182 Å². The third kappa shape index (κ3) is 7.36. The predicted octanol–water partition coefficient (Wildman–Crippen LogP) is 0.279. The molecule has 9 heteroatoms. The number of carbonyl (C=O) groups excluding carboxylic acids is 3. The van der Waals surface area contributed by atoms with Gasteiger partial charge in [-0.3, -0.25) is 14.4 Å². The van der Waals surface area contributed by atoms with E-state index in [-0.39, 0.29) is 18.4 Å². The molecule has 1 heterocycles. The highest BCUT2D eigenvalue weighted by Gasteiger charge is 2.36. The van der Waals surface area contributed by atoms with Crippen LogP contribution in [-0.2, 0) is 25.6 Å². The molecular weight excluding hydrogens is 400 g/mol. The summed E-state index contributed by atoms with van der Waals surface area (Å²) in [4.78, 5) is 50.2. The van der Waals surface area contributed by atoms with E-state index in [9.17, 15) is 24.3 Å². The molecule has 0 spiro atoms. The zero-order chi connectivity index (χ0) is 23.0. The fraction of sp³-hybridized carbons (Fsp3) is 0.545. The number of rotatable bonds is 10. The first-order valence-corrected chi connectivity index (χ1v) is 10.6. The number of aliphatic carboxylic acids is 1. The van der Waals surface area contributed by atoms with Crippen molar-refractivity contribution in [3.8, 4) is 0 Å². The third-order valence-corrected chi connectivity index (χ3v) is 5.22. The Hall–Kier alpha value is -2.94. The Balaban J connectivity index is 1.88. The van der Waals surface area contributed by atoms with Gasteiger partial charge in [-0.2, -0.15) is 0 Å². The zero-order valence-electron chi connectivity index (χ0n) is 18.0. The highest BCUT2D eigenvalue weighted by atomic mass is 16.4. The molecule has 0 aliphatic carbocycles. The molecule has 1 saturated heterocycles. The van der Waals surface area contributed by atoms with Crippen molar-refractivity contribution in [2.45, 2.75) is 57.7 Å². The van der Waals surface area contributed by atoms with Crippen molar-refractivity contribution in [2.24, 2.45) is 11.7 Å². The van der Waals surface area contributed by atoms with Gasteiger partial charge in [-0.1, -0.05) is 44.2 Å². The highest BCUT2D eigenvalue weighted by Crippen LogP contribution is 2.19. The van der Waals surface area contributed by atoms with Gasteiger partial charge in [0.1, 0.15) is 12.1 Å². The Morgan fingerprint density at radius 1 is 1.19 bits per heavy atom. The quantitative estimate of drug-likeness (QED) is 0.418. The summed E-state index contributed by atoms with van der Waals surface area (Å²) in [6.07, 6.45) is 1.82. The van der Waals surface area contributed by atoms with E-state index < -0.39 is 35.9 Å². The molecule has 0 bridgehead atoms. The maximum atomic E-state index is 12.8. The molecule has 1 aliphatic rings. The summed E-state index contributed by atoms with van der Waals surface area (Å²) in [7, 11) is 0. The van der Waals surface area contributed by atoms with E-state index in [0.29, 0.717) is 32.2 Å². The molecule has 0 aromatic heterocycles. The molecule has 2 rings (SSSR count). The molecule has 3 amide bonds. The molecule has 0 radical (unpaired) electrons. The van der Waals surface area contributed by atoms with Crippen LogP contribution in [0.3, 0.4) is 0 Å². The van der Waals surface area contributed by atoms with Crippen molar-refractivity contribution < 1.29 is 24.3 Å². The fourth-order valence-corrected chi connectivity index (χ4v) is 3.69. The lowest BCUT2D eigenvalue weighted by Gasteiger charge is -2.27. The number of hydrogen-bond donors (Lipinski definition) is 4. The number of amides is 3. The molecule has 1 aromatic carbocycles. The second-order valence-electron chi connectivity index (χ2n) is 8.29. The van der Waals surface area contributed by atoms with Gasteiger partial charge < -0.3 is 26.4 Å². The summed E-state index contributed by atoms with van der Waals surface area (Å²) in [5.74, 6) is -2.35. The van der Waals surface area contributed by atoms with E-state index in [1.807, 2.05) is 44.2 Å². The van der Waals surface area contributed by atoms with Crippen LogP contribution in [0.1, 0.15) is 38.7 Å². The number of carbonyl (C=O) groups is 4. The van der Waals surface area contributed by atoms with Gasteiger partial charge in [0, 0.05) is 6.54 Å². The van der Waals surface area contributed by atoms with E-state index in [1.54, 1.807) is 0 Å². The molecule has 9 nitrogen and oxygen atoms in total. The summed E-state index contributed by atoms with van der Waals surface area (Å²) < 4.78 is 0. The summed E-state index contributed by atoms with van der Waals surface area (Å²) >= 11 is 0. The summed E-state index contributed by atoms with van der Waals surface area (Å²) in [5.41, 5.74) is 7.03. The monoisotopic (exact) mass is 432 g/mol. The first kappa shape index (κ1) is 24.3. The highest BCUT2D eigenvalue weighted by molar-refractivity contribution is 5.93. The van der Waals surface area contributed by atoms with Gasteiger partial charge in [0.25, 0.3) is 0 Å². The number of nitrogens with zero attached hydrogens (tertiary/aromatic N) is 1. The largest absolute Gasteiger partial charge is 0.480 e. The van der Waals surface area contributed by atoms with Gasteiger partial charge in [-0.25, -0.2) is 4.79 Å². The Morgan fingerprint density at radius 2 is 1.87 bits per heavy atom. The standard InChI is InChI=1S/C22H32N4O5/c1-14(2)11-17(22(30)31)25-19(27)13-24-20(28)18-9-6-10-26(18)21(29)16(23)12-15-7-4-3-5-8-15/h3-5,7-8,14,16-18H,6,9-13,23H2,1-2H3,(H,24,28)(H,25,27)(H,30,31). The Bertz CT molecular complexity index is 783. The number of likely N-dealkylation sites (tertiary alicyclic amines) is 1. The summed E-state index contributed by atoms with van der Waals surface area (Å²) in [6.45, 7) is 3.80. The maximum Gasteiger partial charge on any atom is 0.326 e. The lowest BCUT2D eigenvalue weighted by molar-refractivity contribution is -0.142. The fourth-order valence-electron chi connectivity index (χ4n) is 3.69. The van der Waals surface area contributed by atoms with Crippen molar-refractivity contribution in [1.82, 2.24) is 15.5 Å². The minimum absolute atomic E-state index is 0.0918. The molecule has 3 atom stereocenters. The van der Waals surface area contributed by atoms with E-state index in [0.717, 1.165) is 5.56 Å². The van der Waals surface area contributed by atoms with Gasteiger partial charge >= 0.3 is 5.97 Å². The van der Waals surface area contributed by atoms with Crippen molar-refractivity contribution in [3.05, 3.63) is 35.9 Å². The number of nitrogens with one attached hydrogen (secondary N) is 2. The first-order valence-electron chi connectivity index (χ1n) is 10.6. The van der Waals surface area contributed by atoms with Crippen LogP contribution in [-0.4, -0.2) is 64.9 Å². The average molecular weight is 433 g/mol. The Morgan fingerprint density at radius 3 is 2.48 bits per heavy atom. The van der Waals surface area contributed by atoms with Crippen molar-refractivity contribution >= 4 is 23.7 Å². The Kier molecular flexibility index (Phi) is 8.99. The minimum atomic E-state index is -1.12. The maximum absolute atomic E-state index is 12.8. The minimum Gasteiger partial charge on any atom is -0.480 e. The molecule has 1 aliphatic heterocycles. The van der Waals surface area contributed by atoms with Crippen molar-refractivity contribution in [3.63, 3.8) is 0 Å². The van der Waals surface area contributed by atoms with E-state index in [1.165, 1.54) is 4.90 Å². The van der Waals surface area contributed by atoms with Crippen LogP contribution >= 0.6 is 0 Å². The van der Waals surface area contributed by atoms with Gasteiger partial charge in [-0.05, 0) is 37.2 Å². The van der Waals surface area contributed by atoms with Crippen LogP contribution in [0.5, 0.6) is 0 Å². The predicted molar refractivity (Wildman–Crippen MR) is 115 cm³/mol. The van der Waals surface area contributed by atoms with Crippen LogP contribution in [0, 0.1) is 5.92 Å². The number of carboxylic acid groups (broad SMARTS) is 1. The van der Waals surface area contributed by atoms with Gasteiger partial charge in [0.15, 0.2) is 0 Å². The number of carboxylic acids is 1. The molecule has 170 valence electrons. The second kappa shape index (κ2) is 11.5. The molecular formula is C22H32N4O5. The molecule has 31 heavy (non-hydrogen) atoms. The normalized spacial score (nSPS) is 17.8. The van der Waals surface area contributed by atoms with Crippen LogP contribution in [0.4, 0.5) is 0 Å². The summed E-state index contributed by atoms with van der Waals surface area (Å²) in [5, 5.41) is 14.2. The van der Waals surface area contributed by atoms with E-state index >= 15 is 0 Å². The number of benzene rings is 1. The van der Waals surface area contributed by atoms with E-state index in [2.05, 4.69) is 10.6 Å². The van der Waals surface area contributed by atoms with Crippen LogP contribution in [0.2, 0.25) is 0 Å². The van der Waals surface area contributed by atoms with Crippen molar-refractivity contribution in [1.29, 1.82) is 0 Å². The summed E-state index contributed by atoms with van der Waals surface area (Å²) in [6, 6.07) is 6.96. The lowest BCUT2D eigenvalue weighted by atomic mass is 10.0. The lowest BCUT2D eigenvalue weighted by Crippen LogP contribution is -2.53. The third-order valence-electron chi connectivity index (χ3n) is 5.22. The van der Waals surface area contributed by atoms with Gasteiger partial charge in [-0.15, -0.1) is 0 Å². The number of hydrogen-bond acceptors (Lipinski definition) is 5.